The summed E-state index contributed by atoms with van der Waals surface area (Å²) >= 11 is 0. The Balaban J connectivity index is 1.32. The van der Waals surface area contributed by atoms with Crippen LogP contribution < -0.4 is 20.5 Å². The zero-order chi connectivity index (χ0) is 28.9. The summed E-state index contributed by atoms with van der Waals surface area (Å²) in [5.41, 5.74) is 5.47. The third-order valence-electron chi connectivity index (χ3n) is 7.63. The highest BCUT2D eigenvalue weighted by molar-refractivity contribution is 6.00. The number of hydrogen-bond acceptors (Lipinski definition) is 7. The Morgan fingerprint density at radius 2 is 1.98 bits per heavy atom. The molecule has 41 heavy (non-hydrogen) atoms. The molecule has 1 aliphatic heterocycles. The molecule has 1 aliphatic carbocycles. The van der Waals surface area contributed by atoms with Crippen LogP contribution in [0.3, 0.4) is 0 Å². The van der Waals surface area contributed by atoms with Gasteiger partial charge >= 0.3 is 0 Å². The minimum atomic E-state index is -1.66. The molecule has 4 aromatic rings. The maximum absolute atomic E-state index is 13.7. The number of nitrogens with zero attached hydrogens (tertiary/aromatic N) is 2. The van der Waals surface area contributed by atoms with Gasteiger partial charge in [0.05, 0.1) is 18.3 Å². The number of benzene rings is 2. The molecule has 0 spiro atoms. The number of ether oxygens (including phenoxy) is 2. The standard InChI is InChI=1S/C31H29FN4O5/c1-30(29(33)38)16-40-27-22(30)14-24(36-26(27)17-5-7-20(32)8-6-17)31(2,39)15-35-28(37)19-12-18-4-3-11-34-25(18)23(13-19)41-21-9-10-21/h3-8,11-14,21,39H,9-10,15-16H2,1-2H3,(H2,33,38)(H,35,37)/t30-,31?/m0/s1. The van der Waals surface area contributed by atoms with Gasteiger partial charge in [-0.2, -0.15) is 0 Å². The molecule has 0 radical (unpaired) electrons. The van der Waals surface area contributed by atoms with Crippen LogP contribution in [0.5, 0.6) is 11.5 Å². The van der Waals surface area contributed by atoms with Crippen LogP contribution in [-0.2, 0) is 15.8 Å². The average molecular weight is 557 g/mol. The lowest BCUT2D eigenvalue weighted by Gasteiger charge is -2.26. The summed E-state index contributed by atoms with van der Waals surface area (Å²) in [7, 11) is 0. The van der Waals surface area contributed by atoms with Gasteiger partial charge in [0, 0.05) is 28.3 Å². The highest BCUT2D eigenvalue weighted by Crippen LogP contribution is 2.45. The smallest absolute Gasteiger partial charge is 0.251 e. The largest absolute Gasteiger partial charge is 0.489 e. The molecule has 1 unspecified atom stereocenters. The second-order valence-corrected chi connectivity index (χ2v) is 11.0. The van der Waals surface area contributed by atoms with Crippen molar-refractivity contribution < 1.29 is 28.6 Å². The van der Waals surface area contributed by atoms with Gasteiger partial charge in [0.25, 0.3) is 5.91 Å². The van der Waals surface area contributed by atoms with Crippen molar-refractivity contribution in [3.05, 3.63) is 83.4 Å². The van der Waals surface area contributed by atoms with E-state index in [1.165, 1.54) is 31.2 Å². The number of carbonyl (C=O) groups excluding carboxylic acids is 2. The van der Waals surface area contributed by atoms with E-state index < -0.39 is 28.6 Å². The summed E-state index contributed by atoms with van der Waals surface area (Å²) in [6, 6.07) is 14.3. The lowest BCUT2D eigenvalue weighted by atomic mass is 9.82. The zero-order valence-corrected chi connectivity index (χ0v) is 22.6. The number of nitrogens with one attached hydrogen (secondary N) is 1. The molecule has 4 N–H and O–H groups in total. The van der Waals surface area contributed by atoms with Crippen LogP contribution in [0.4, 0.5) is 4.39 Å². The minimum absolute atomic E-state index is 0.00203. The number of fused-ring (bicyclic) bond motifs is 2. The molecular formula is C31H29FN4O5. The summed E-state index contributed by atoms with van der Waals surface area (Å²) in [4.78, 5) is 34.8. The van der Waals surface area contributed by atoms with Crippen LogP contribution in [-0.4, -0.2) is 46.1 Å². The van der Waals surface area contributed by atoms with E-state index in [1.54, 1.807) is 37.4 Å². The lowest BCUT2D eigenvalue weighted by molar-refractivity contribution is -0.123. The maximum Gasteiger partial charge on any atom is 0.251 e. The van der Waals surface area contributed by atoms with Crippen molar-refractivity contribution in [2.75, 3.05) is 13.2 Å². The number of aromatic nitrogens is 2. The number of amides is 2. The molecular weight excluding hydrogens is 527 g/mol. The van der Waals surface area contributed by atoms with Gasteiger partial charge in [0.15, 0.2) is 0 Å². The van der Waals surface area contributed by atoms with Gasteiger partial charge in [0.1, 0.15) is 46.1 Å². The molecule has 2 aliphatic rings. The first-order valence-corrected chi connectivity index (χ1v) is 13.4. The number of nitrogens with two attached hydrogens (primary N) is 1. The average Bonchev–Trinajstić information content (AvgIpc) is 3.71. The van der Waals surface area contributed by atoms with Gasteiger partial charge in [-0.25, -0.2) is 9.37 Å². The number of hydrogen-bond donors (Lipinski definition) is 3. The fourth-order valence-corrected chi connectivity index (χ4v) is 4.86. The summed E-state index contributed by atoms with van der Waals surface area (Å²) in [6.07, 6.45) is 3.72. The Labute approximate surface area is 235 Å². The summed E-state index contributed by atoms with van der Waals surface area (Å²) in [5, 5.41) is 15.1. The minimum Gasteiger partial charge on any atom is -0.489 e. The van der Waals surface area contributed by atoms with E-state index in [0.29, 0.717) is 39.4 Å². The van der Waals surface area contributed by atoms with Gasteiger partial charge in [-0.1, -0.05) is 6.07 Å². The third kappa shape index (κ3) is 4.95. The van der Waals surface area contributed by atoms with E-state index in [4.69, 9.17) is 15.2 Å². The molecule has 9 nitrogen and oxygen atoms in total. The predicted molar refractivity (Wildman–Crippen MR) is 149 cm³/mol. The molecule has 2 atom stereocenters. The monoisotopic (exact) mass is 556 g/mol. The summed E-state index contributed by atoms with van der Waals surface area (Å²) in [5.74, 6) is -0.551. The maximum atomic E-state index is 13.7. The van der Waals surface area contributed by atoms with Crippen molar-refractivity contribution in [2.24, 2.45) is 5.73 Å². The fraction of sp³-hybridized carbons (Fsp3) is 0.290. The topological polar surface area (TPSA) is 137 Å². The number of aliphatic hydroxyl groups is 1. The number of carbonyl (C=O) groups is 2. The number of rotatable bonds is 8. The predicted octanol–water partition coefficient (Wildman–Crippen LogP) is 3.75. The second kappa shape index (κ2) is 9.81. The molecule has 0 bridgehead atoms. The Morgan fingerprint density at radius 1 is 1.22 bits per heavy atom. The van der Waals surface area contributed by atoms with Crippen molar-refractivity contribution in [2.45, 2.75) is 43.8 Å². The van der Waals surface area contributed by atoms with Gasteiger partial charge in [0.2, 0.25) is 5.91 Å². The first-order chi connectivity index (χ1) is 19.5. The van der Waals surface area contributed by atoms with E-state index in [0.717, 1.165) is 18.2 Å². The number of halogens is 1. The Hall–Kier alpha value is -4.57. The van der Waals surface area contributed by atoms with Gasteiger partial charge in [-0.15, -0.1) is 0 Å². The van der Waals surface area contributed by atoms with Crippen LogP contribution >= 0.6 is 0 Å². The van der Waals surface area contributed by atoms with E-state index in [2.05, 4.69) is 15.3 Å². The van der Waals surface area contributed by atoms with Crippen LogP contribution in [0.2, 0.25) is 0 Å². The highest BCUT2D eigenvalue weighted by Gasteiger charge is 2.45. The number of primary amides is 1. The Kier molecular flexibility index (Phi) is 6.37. The van der Waals surface area contributed by atoms with Crippen molar-refractivity contribution in [1.29, 1.82) is 0 Å². The van der Waals surface area contributed by atoms with E-state index >= 15 is 0 Å². The molecule has 10 heteroatoms. The Bertz CT molecular complexity index is 1690. The molecule has 1 saturated carbocycles. The third-order valence-corrected chi connectivity index (χ3v) is 7.63. The highest BCUT2D eigenvalue weighted by atomic mass is 19.1. The first-order valence-electron chi connectivity index (χ1n) is 13.4. The quantitative estimate of drug-likeness (QED) is 0.301. The number of pyridine rings is 2. The molecule has 2 amide bonds. The molecule has 6 rings (SSSR count). The molecule has 2 aromatic heterocycles. The van der Waals surface area contributed by atoms with Crippen LogP contribution in [0.15, 0.2) is 60.8 Å². The van der Waals surface area contributed by atoms with Crippen molar-refractivity contribution in [1.82, 2.24) is 15.3 Å². The van der Waals surface area contributed by atoms with Gasteiger partial charge in [-0.3, -0.25) is 14.6 Å². The molecule has 3 heterocycles. The van der Waals surface area contributed by atoms with Crippen molar-refractivity contribution >= 4 is 22.7 Å². The van der Waals surface area contributed by atoms with Gasteiger partial charge in [-0.05, 0) is 75.2 Å². The first kappa shape index (κ1) is 26.6. The summed E-state index contributed by atoms with van der Waals surface area (Å²) < 4.78 is 25.5. The zero-order valence-electron chi connectivity index (χ0n) is 22.6. The van der Waals surface area contributed by atoms with E-state index in [9.17, 15) is 19.1 Å². The van der Waals surface area contributed by atoms with E-state index in [-0.39, 0.29) is 24.9 Å². The summed E-state index contributed by atoms with van der Waals surface area (Å²) in [6.45, 7) is 2.97. The van der Waals surface area contributed by atoms with E-state index in [1.807, 2.05) is 6.07 Å². The molecule has 0 saturated heterocycles. The second-order valence-electron chi connectivity index (χ2n) is 11.0. The SMILES string of the molecule is CC(O)(CNC(=O)c1cc(OC2CC2)c2ncccc2c1)c1cc2c(c(-c3ccc(F)cc3)n1)OC[C@]2(C)C(N)=O. The van der Waals surface area contributed by atoms with Crippen molar-refractivity contribution in [3.63, 3.8) is 0 Å². The molecule has 210 valence electrons. The molecule has 2 aromatic carbocycles. The van der Waals surface area contributed by atoms with Gasteiger partial charge < -0.3 is 25.6 Å². The Morgan fingerprint density at radius 3 is 2.68 bits per heavy atom. The van der Waals surface area contributed by atoms with Crippen molar-refractivity contribution in [3.8, 4) is 22.8 Å². The normalized spacial score (nSPS) is 19.2. The lowest BCUT2D eigenvalue weighted by Crippen LogP contribution is -2.41. The fourth-order valence-electron chi connectivity index (χ4n) is 4.86. The molecule has 1 fully saturated rings. The van der Waals surface area contributed by atoms with Crippen LogP contribution in [0.1, 0.15) is 48.3 Å². The van der Waals surface area contributed by atoms with Crippen LogP contribution in [0.25, 0.3) is 22.2 Å². The van der Waals surface area contributed by atoms with Crippen LogP contribution in [0, 0.1) is 5.82 Å².